The van der Waals surface area contributed by atoms with Gasteiger partial charge in [-0.3, -0.25) is 0 Å². The third-order valence-corrected chi connectivity index (χ3v) is 2.86. The Morgan fingerprint density at radius 2 is 2.05 bits per heavy atom. The maximum Gasteiger partial charge on any atom is 0.354 e. The molecule has 0 spiro atoms. The highest BCUT2D eigenvalue weighted by Crippen LogP contribution is 2.22. The van der Waals surface area contributed by atoms with Crippen molar-refractivity contribution < 1.29 is 9.90 Å². The molecule has 3 aromatic rings. The molecule has 94 valence electrons. The van der Waals surface area contributed by atoms with Crippen molar-refractivity contribution in [3.63, 3.8) is 0 Å². The molecule has 0 aliphatic heterocycles. The average molecular weight is 253 g/mol. The number of pyridine rings is 1. The number of carboxylic acids is 1. The highest BCUT2D eigenvalue weighted by molar-refractivity contribution is 5.87. The van der Waals surface area contributed by atoms with Gasteiger partial charge in [-0.05, 0) is 31.2 Å². The van der Waals surface area contributed by atoms with Gasteiger partial charge in [0.2, 0.25) is 0 Å². The molecule has 0 unspecified atom stereocenters. The molecular weight excluding hydrogens is 242 g/mol. The zero-order chi connectivity index (χ0) is 13.4. The van der Waals surface area contributed by atoms with Crippen LogP contribution in [0, 0.1) is 6.92 Å². The number of fused-ring (bicyclic) bond motifs is 1. The molecule has 0 saturated heterocycles. The van der Waals surface area contributed by atoms with Gasteiger partial charge in [0, 0.05) is 5.56 Å². The maximum atomic E-state index is 10.9. The standard InChI is InChI=1S/C14H11N3O2/c1-8-15-11-6-5-9(7-13(11)16-8)10-3-2-4-12(17-10)14(18)19/h2-7H,1H3,(H,15,16)(H,18,19). The number of aromatic amines is 1. The fraction of sp³-hybridized carbons (Fsp3) is 0.0714. The molecule has 5 nitrogen and oxygen atoms in total. The zero-order valence-corrected chi connectivity index (χ0v) is 10.2. The normalized spacial score (nSPS) is 10.8. The first-order chi connectivity index (χ1) is 9.13. The highest BCUT2D eigenvalue weighted by Gasteiger charge is 2.08. The second kappa shape index (κ2) is 4.20. The molecule has 0 amide bonds. The number of benzene rings is 1. The number of hydrogen-bond acceptors (Lipinski definition) is 3. The van der Waals surface area contributed by atoms with Crippen LogP contribution in [-0.4, -0.2) is 26.0 Å². The summed E-state index contributed by atoms with van der Waals surface area (Å²) in [5, 5.41) is 8.95. The van der Waals surface area contributed by atoms with Crippen LogP contribution in [0.4, 0.5) is 0 Å². The van der Waals surface area contributed by atoms with Crippen LogP contribution >= 0.6 is 0 Å². The van der Waals surface area contributed by atoms with Gasteiger partial charge in [0.25, 0.3) is 0 Å². The Kier molecular flexibility index (Phi) is 2.52. The van der Waals surface area contributed by atoms with Crippen LogP contribution in [0.5, 0.6) is 0 Å². The minimum atomic E-state index is -1.03. The van der Waals surface area contributed by atoms with E-state index >= 15 is 0 Å². The van der Waals surface area contributed by atoms with E-state index in [9.17, 15) is 4.79 Å². The Balaban J connectivity index is 2.12. The number of carboxylic acid groups (broad SMARTS) is 1. The summed E-state index contributed by atoms with van der Waals surface area (Å²) >= 11 is 0. The van der Waals surface area contributed by atoms with E-state index < -0.39 is 5.97 Å². The fourth-order valence-electron chi connectivity index (χ4n) is 2.01. The molecule has 0 saturated carbocycles. The number of H-pyrrole nitrogens is 1. The summed E-state index contributed by atoms with van der Waals surface area (Å²) < 4.78 is 0. The number of aromatic nitrogens is 3. The van der Waals surface area contributed by atoms with Crippen LogP contribution < -0.4 is 0 Å². The zero-order valence-electron chi connectivity index (χ0n) is 10.2. The van der Waals surface area contributed by atoms with Crippen LogP contribution in [0.3, 0.4) is 0 Å². The highest BCUT2D eigenvalue weighted by atomic mass is 16.4. The van der Waals surface area contributed by atoms with Crippen molar-refractivity contribution in [2.75, 3.05) is 0 Å². The third kappa shape index (κ3) is 2.06. The number of carbonyl (C=O) groups is 1. The third-order valence-electron chi connectivity index (χ3n) is 2.86. The van der Waals surface area contributed by atoms with E-state index in [1.807, 2.05) is 25.1 Å². The van der Waals surface area contributed by atoms with Crippen molar-refractivity contribution in [2.24, 2.45) is 0 Å². The molecule has 2 N–H and O–H groups in total. The summed E-state index contributed by atoms with van der Waals surface area (Å²) in [5.41, 5.74) is 3.33. The summed E-state index contributed by atoms with van der Waals surface area (Å²) in [6.45, 7) is 1.89. The molecular formula is C14H11N3O2. The number of hydrogen-bond donors (Lipinski definition) is 2. The molecule has 0 aliphatic carbocycles. The van der Waals surface area contributed by atoms with Gasteiger partial charge in [-0.25, -0.2) is 14.8 Å². The lowest BCUT2D eigenvalue weighted by atomic mass is 10.1. The van der Waals surface area contributed by atoms with Gasteiger partial charge < -0.3 is 10.1 Å². The van der Waals surface area contributed by atoms with Gasteiger partial charge in [-0.2, -0.15) is 0 Å². The molecule has 1 aromatic carbocycles. The first-order valence-corrected chi connectivity index (χ1v) is 5.80. The van der Waals surface area contributed by atoms with E-state index in [0.717, 1.165) is 22.4 Å². The molecule has 3 rings (SSSR count). The number of nitrogens with zero attached hydrogens (tertiary/aromatic N) is 2. The Hall–Kier alpha value is -2.69. The summed E-state index contributed by atoms with van der Waals surface area (Å²) in [6, 6.07) is 10.7. The topological polar surface area (TPSA) is 78.9 Å². The van der Waals surface area contributed by atoms with E-state index in [1.165, 1.54) is 6.07 Å². The second-order valence-corrected chi connectivity index (χ2v) is 4.27. The molecule has 0 fully saturated rings. The Morgan fingerprint density at radius 1 is 1.21 bits per heavy atom. The number of rotatable bonds is 2. The number of aromatic carboxylic acids is 1. The van der Waals surface area contributed by atoms with Gasteiger partial charge in [-0.1, -0.05) is 12.1 Å². The summed E-state index contributed by atoms with van der Waals surface area (Å²) in [6.07, 6.45) is 0. The summed E-state index contributed by atoms with van der Waals surface area (Å²) in [4.78, 5) is 22.5. The minimum absolute atomic E-state index is 0.0402. The van der Waals surface area contributed by atoms with Crippen LogP contribution in [0.2, 0.25) is 0 Å². The maximum absolute atomic E-state index is 10.9. The summed E-state index contributed by atoms with van der Waals surface area (Å²) in [5.74, 6) is -0.181. The van der Waals surface area contributed by atoms with Crippen LogP contribution in [0.15, 0.2) is 36.4 Å². The SMILES string of the molecule is Cc1nc2ccc(-c3cccc(C(=O)O)n3)cc2[nH]1. The van der Waals surface area contributed by atoms with Crippen molar-refractivity contribution in [3.8, 4) is 11.3 Å². The van der Waals surface area contributed by atoms with Crippen molar-refractivity contribution in [1.29, 1.82) is 0 Å². The molecule has 0 bridgehead atoms. The lowest BCUT2D eigenvalue weighted by molar-refractivity contribution is 0.0690. The van der Waals surface area contributed by atoms with Gasteiger partial charge in [0.05, 0.1) is 16.7 Å². The Morgan fingerprint density at radius 3 is 2.84 bits per heavy atom. The Bertz CT molecular complexity index is 777. The molecule has 2 aromatic heterocycles. The van der Waals surface area contributed by atoms with Crippen LogP contribution in [0.1, 0.15) is 16.3 Å². The van der Waals surface area contributed by atoms with Gasteiger partial charge in [-0.15, -0.1) is 0 Å². The van der Waals surface area contributed by atoms with E-state index in [2.05, 4.69) is 15.0 Å². The predicted molar refractivity (Wildman–Crippen MR) is 71.0 cm³/mol. The molecule has 19 heavy (non-hydrogen) atoms. The molecule has 5 heteroatoms. The van der Waals surface area contributed by atoms with E-state index in [-0.39, 0.29) is 5.69 Å². The number of aryl methyl sites for hydroxylation is 1. The predicted octanol–water partition coefficient (Wildman–Crippen LogP) is 2.63. The van der Waals surface area contributed by atoms with Crippen LogP contribution in [-0.2, 0) is 0 Å². The minimum Gasteiger partial charge on any atom is -0.477 e. The first-order valence-electron chi connectivity index (χ1n) is 5.80. The summed E-state index contributed by atoms with van der Waals surface area (Å²) in [7, 11) is 0. The molecule has 0 atom stereocenters. The Labute approximate surface area is 109 Å². The van der Waals surface area contributed by atoms with Crippen molar-refractivity contribution in [2.45, 2.75) is 6.92 Å². The molecule has 2 heterocycles. The van der Waals surface area contributed by atoms with Crippen LogP contribution in [0.25, 0.3) is 22.3 Å². The number of imidazole rings is 1. The lowest BCUT2D eigenvalue weighted by Crippen LogP contribution is -2.00. The molecule has 0 aliphatic rings. The fourth-order valence-corrected chi connectivity index (χ4v) is 2.01. The smallest absolute Gasteiger partial charge is 0.354 e. The lowest BCUT2D eigenvalue weighted by Gasteiger charge is -2.02. The quantitative estimate of drug-likeness (QED) is 0.735. The second-order valence-electron chi connectivity index (χ2n) is 4.27. The first kappa shape index (κ1) is 11.4. The van der Waals surface area contributed by atoms with E-state index in [0.29, 0.717) is 5.69 Å². The average Bonchev–Trinajstić information content (AvgIpc) is 2.77. The van der Waals surface area contributed by atoms with Crippen molar-refractivity contribution in [1.82, 2.24) is 15.0 Å². The monoisotopic (exact) mass is 253 g/mol. The number of nitrogens with one attached hydrogen (secondary N) is 1. The van der Waals surface area contributed by atoms with Crippen molar-refractivity contribution >= 4 is 17.0 Å². The molecule has 0 radical (unpaired) electrons. The van der Waals surface area contributed by atoms with Gasteiger partial charge in [0.1, 0.15) is 11.5 Å². The van der Waals surface area contributed by atoms with E-state index in [4.69, 9.17) is 5.11 Å². The van der Waals surface area contributed by atoms with Gasteiger partial charge >= 0.3 is 5.97 Å². The van der Waals surface area contributed by atoms with Crippen molar-refractivity contribution in [3.05, 3.63) is 47.9 Å². The largest absolute Gasteiger partial charge is 0.477 e. The van der Waals surface area contributed by atoms with E-state index in [1.54, 1.807) is 12.1 Å². The van der Waals surface area contributed by atoms with Gasteiger partial charge in [0.15, 0.2) is 0 Å².